The summed E-state index contributed by atoms with van der Waals surface area (Å²) in [7, 11) is 0. The fourth-order valence-electron chi connectivity index (χ4n) is 4.01. The highest BCUT2D eigenvalue weighted by molar-refractivity contribution is 6.05. The molecular formula is C20H26O4. The predicted molar refractivity (Wildman–Crippen MR) is 91.9 cm³/mol. The first-order valence-corrected chi connectivity index (χ1v) is 8.42. The summed E-state index contributed by atoms with van der Waals surface area (Å²) in [5.41, 5.74) is 0.468. The Bertz CT molecular complexity index is 655. The maximum atomic E-state index is 12.5. The third-order valence-electron chi connectivity index (χ3n) is 5.13. The van der Waals surface area contributed by atoms with Gasteiger partial charge < -0.3 is 5.11 Å². The summed E-state index contributed by atoms with van der Waals surface area (Å²) in [4.78, 5) is 36.9. The van der Waals surface area contributed by atoms with Gasteiger partial charge in [0.2, 0.25) is 0 Å². The molecule has 0 aromatic heterocycles. The van der Waals surface area contributed by atoms with Gasteiger partial charge in [0.25, 0.3) is 0 Å². The standard InChI is InChI=1S/C20H26O4/c1-11(2)14-6-8-15(9-7-14)18-17(12(3)21)16(23)10-20(5,24)19(18)13(4)22/h6-9,11,17-19,24H,10H2,1-5H3/t17-,18+,19-,20+/m1/s1. The van der Waals surface area contributed by atoms with Crippen molar-refractivity contribution in [3.63, 3.8) is 0 Å². The van der Waals surface area contributed by atoms with Gasteiger partial charge in [-0.05, 0) is 37.8 Å². The average molecular weight is 330 g/mol. The molecule has 0 heterocycles. The van der Waals surface area contributed by atoms with E-state index >= 15 is 0 Å². The second kappa shape index (κ2) is 6.60. The van der Waals surface area contributed by atoms with Crippen molar-refractivity contribution in [2.45, 2.75) is 58.5 Å². The first-order chi connectivity index (χ1) is 11.1. The fourth-order valence-corrected chi connectivity index (χ4v) is 4.01. The SMILES string of the molecule is CC(=O)[C@@H]1C(=O)C[C@](C)(O)[C@H](C(C)=O)[C@H]1c1ccc(C(C)C)cc1. The molecular weight excluding hydrogens is 304 g/mol. The molecule has 1 aliphatic rings. The maximum Gasteiger partial charge on any atom is 0.146 e. The Morgan fingerprint density at radius 2 is 1.67 bits per heavy atom. The third kappa shape index (κ3) is 3.34. The fraction of sp³-hybridized carbons (Fsp3) is 0.550. The highest BCUT2D eigenvalue weighted by Crippen LogP contribution is 2.46. The van der Waals surface area contributed by atoms with E-state index in [-0.39, 0.29) is 23.8 Å². The van der Waals surface area contributed by atoms with Gasteiger partial charge in [-0.1, -0.05) is 38.1 Å². The molecule has 24 heavy (non-hydrogen) atoms. The molecule has 0 unspecified atom stereocenters. The Morgan fingerprint density at radius 3 is 2.08 bits per heavy atom. The summed E-state index contributed by atoms with van der Waals surface area (Å²) in [5.74, 6) is -2.63. The highest BCUT2D eigenvalue weighted by Gasteiger charge is 2.53. The van der Waals surface area contributed by atoms with Gasteiger partial charge in [0.15, 0.2) is 0 Å². The van der Waals surface area contributed by atoms with Crippen molar-refractivity contribution < 1.29 is 19.5 Å². The van der Waals surface area contributed by atoms with Gasteiger partial charge in [-0.3, -0.25) is 14.4 Å². The molecule has 1 N–H and O–H groups in total. The number of aliphatic hydroxyl groups is 1. The van der Waals surface area contributed by atoms with Crippen LogP contribution in [0, 0.1) is 11.8 Å². The van der Waals surface area contributed by atoms with Crippen LogP contribution in [-0.2, 0) is 14.4 Å². The van der Waals surface area contributed by atoms with Gasteiger partial charge in [0.1, 0.15) is 17.3 Å². The van der Waals surface area contributed by atoms with Crippen molar-refractivity contribution in [2.75, 3.05) is 0 Å². The van der Waals surface area contributed by atoms with Crippen LogP contribution in [0.25, 0.3) is 0 Å². The van der Waals surface area contributed by atoms with Gasteiger partial charge >= 0.3 is 0 Å². The highest BCUT2D eigenvalue weighted by atomic mass is 16.3. The van der Waals surface area contributed by atoms with E-state index < -0.39 is 23.4 Å². The first-order valence-electron chi connectivity index (χ1n) is 8.42. The summed E-state index contributed by atoms with van der Waals surface area (Å²) >= 11 is 0. The molecule has 0 aliphatic heterocycles. The van der Waals surface area contributed by atoms with E-state index in [9.17, 15) is 19.5 Å². The van der Waals surface area contributed by atoms with Crippen molar-refractivity contribution >= 4 is 17.3 Å². The molecule has 1 aromatic carbocycles. The van der Waals surface area contributed by atoms with Crippen LogP contribution in [0.3, 0.4) is 0 Å². The molecule has 4 atom stereocenters. The molecule has 1 aliphatic carbocycles. The van der Waals surface area contributed by atoms with Crippen molar-refractivity contribution in [3.05, 3.63) is 35.4 Å². The number of hydrogen-bond acceptors (Lipinski definition) is 4. The van der Waals surface area contributed by atoms with Crippen molar-refractivity contribution in [3.8, 4) is 0 Å². The van der Waals surface area contributed by atoms with E-state index in [0.29, 0.717) is 5.92 Å². The molecule has 0 saturated heterocycles. The summed E-state index contributed by atoms with van der Waals surface area (Å²) in [6, 6.07) is 7.67. The van der Waals surface area contributed by atoms with Gasteiger partial charge in [-0.25, -0.2) is 0 Å². The van der Waals surface area contributed by atoms with Crippen molar-refractivity contribution in [2.24, 2.45) is 11.8 Å². The van der Waals surface area contributed by atoms with Crippen molar-refractivity contribution in [1.29, 1.82) is 0 Å². The Kier molecular flexibility index (Phi) is 5.09. The number of rotatable bonds is 4. The molecule has 4 heteroatoms. The lowest BCUT2D eigenvalue weighted by molar-refractivity contribution is -0.151. The van der Waals surface area contributed by atoms with Crippen LogP contribution < -0.4 is 0 Å². The monoisotopic (exact) mass is 330 g/mol. The lowest BCUT2D eigenvalue weighted by Crippen LogP contribution is -2.53. The minimum Gasteiger partial charge on any atom is -0.389 e. The molecule has 1 aromatic rings. The number of hydrogen-bond donors (Lipinski definition) is 1. The smallest absolute Gasteiger partial charge is 0.146 e. The third-order valence-corrected chi connectivity index (χ3v) is 5.13. The van der Waals surface area contributed by atoms with Crippen LogP contribution in [0.2, 0.25) is 0 Å². The second-order valence-electron chi connectivity index (χ2n) is 7.52. The van der Waals surface area contributed by atoms with Crippen LogP contribution in [0.5, 0.6) is 0 Å². The van der Waals surface area contributed by atoms with Crippen LogP contribution >= 0.6 is 0 Å². The summed E-state index contributed by atoms with van der Waals surface area (Å²) in [6.45, 7) is 8.49. The van der Waals surface area contributed by atoms with E-state index in [2.05, 4.69) is 13.8 Å². The molecule has 1 fully saturated rings. The summed E-state index contributed by atoms with van der Waals surface area (Å²) in [6.07, 6.45) is -0.165. The number of carbonyl (C=O) groups is 3. The summed E-state index contributed by atoms with van der Waals surface area (Å²) < 4.78 is 0. The van der Waals surface area contributed by atoms with Gasteiger partial charge in [-0.15, -0.1) is 0 Å². The number of benzene rings is 1. The zero-order valence-corrected chi connectivity index (χ0v) is 15.0. The lowest BCUT2D eigenvalue weighted by Gasteiger charge is -2.44. The van der Waals surface area contributed by atoms with Gasteiger partial charge in [0, 0.05) is 12.3 Å². The minimum absolute atomic E-state index is 0.165. The Labute approximate surface area is 143 Å². The quantitative estimate of drug-likeness (QED) is 0.861. The maximum absolute atomic E-state index is 12.5. The normalized spacial score (nSPS) is 30.5. The van der Waals surface area contributed by atoms with Crippen molar-refractivity contribution in [1.82, 2.24) is 0 Å². The number of carbonyl (C=O) groups excluding carboxylic acids is 3. The predicted octanol–water partition coefficient (Wildman–Crippen LogP) is 3.03. The molecule has 0 amide bonds. The second-order valence-corrected chi connectivity index (χ2v) is 7.52. The zero-order valence-electron chi connectivity index (χ0n) is 15.0. The molecule has 1 saturated carbocycles. The average Bonchev–Trinajstić information content (AvgIpc) is 2.44. The van der Waals surface area contributed by atoms with Gasteiger partial charge in [-0.2, -0.15) is 0 Å². The van der Waals surface area contributed by atoms with Crippen LogP contribution in [0.15, 0.2) is 24.3 Å². The molecule has 0 radical (unpaired) electrons. The van der Waals surface area contributed by atoms with Crippen LogP contribution in [0.1, 0.15) is 64.0 Å². The Balaban J connectivity index is 2.58. The molecule has 0 spiro atoms. The minimum atomic E-state index is -1.43. The van der Waals surface area contributed by atoms with E-state index in [1.165, 1.54) is 20.8 Å². The zero-order chi connectivity index (χ0) is 18.2. The molecule has 4 nitrogen and oxygen atoms in total. The number of ketones is 3. The number of Topliss-reactive ketones (excluding diaryl/α,β-unsaturated/α-hetero) is 3. The van der Waals surface area contributed by atoms with E-state index in [1.807, 2.05) is 24.3 Å². The topological polar surface area (TPSA) is 71.4 Å². The summed E-state index contributed by atoms with van der Waals surface area (Å²) in [5, 5.41) is 10.7. The van der Waals surface area contributed by atoms with Crippen LogP contribution in [-0.4, -0.2) is 28.1 Å². The molecule has 0 bridgehead atoms. The Morgan fingerprint density at radius 1 is 1.12 bits per heavy atom. The molecule has 2 rings (SSSR count). The largest absolute Gasteiger partial charge is 0.389 e. The van der Waals surface area contributed by atoms with E-state index in [0.717, 1.165) is 11.1 Å². The molecule has 130 valence electrons. The van der Waals surface area contributed by atoms with E-state index in [4.69, 9.17) is 0 Å². The first kappa shape index (κ1) is 18.5. The Hall–Kier alpha value is -1.81. The van der Waals surface area contributed by atoms with Gasteiger partial charge in [0.05, 0.1) is 17.4 Å². The van der Waals surface area contributed by atoms with E-state index in [1.54, 1.807) is 0 Å². The van der Waals surface area contributed by atoms with Crippen LogP contribution in [0.4, 0.5) is 0 Å². The lowest BCUT2D eigenvalue weighted by atomic mass is 9.60.